The third kappa shape index (κ3) is 1.62. The number of carbonyl (C=O) groups excluding carboxylic acids is 1. The number of nitrogens with one attached hydrogen (secondary N) is 1. The molecule has 0 bridgehead atoms. The Hall–Kier alpha value is -1.77. The molecule has 0 fully saturated rings. The van der Waals surface area contributed by atoms with Crippen LogP contribution in [0, 0.1) is 0 Å². The Morgan fingerprint density at radius 2 is 2.00 bits per heavy atom. The summed E-state index contributed by atoms with van der Waals surface area (Å²) in [7, 11) is 2.40. The van der Waals surface area contributed by atoms with Gasteiger partial charge < -0.3 is 15.0 Å². The number of aliphatic hydroxyl groups is 1. The maximum Gasteiger partial charge on any atom is 0.449 e. The van der Waals surface area contributed by atoms with E-state index in [0.717, 1.165) is 16.5 Å². The van der Waals surface area contributed by atoms with Gasteiger partial charge in [-0.25, -0.2) is 9.78 Å². The second-order valence-electron chi connectivity index (χ2n) is 3.61. The van der Waals surface area contributed by atoms with E-state index in [1.54, 1.807) is 0 Å². The molecular weight excluding hydrogens is 241 g/mol. The van der Waals surface area contributed by atoms with Gasteiger partial charge in [0.15, 0.2) is 12.0 Å². The number of halogens is 3. The number of nitrogens with zero attached hydrogens (tertiary/aromatic N) is 3. The second kappa shape index (κ2) is 3.36. The zero-order valence-corrected chi connectivity index (χ0v) is 8.91. The van der Waals surface area contributed by atoms with Gasteiger partial charge in [-0.2, -0.15) is 13.2 Å². The number of imidazole rings is 1. The molecule has 1 unspecified atom stereocenters. The maximum absolute atomic E-state index is 12.6. The summed E-state index contributed by atoms with van der Waals surface area (Å²) >= 11 is 0. The van der Waals surface area contributed by atoms with Gasteiger partial charge in [0, 0.05) is 14.1 Å². The Balaban J connectivity index is 2.63. The zero-order valence-electron chi connectivity index (χ0n) is 8.91. The molecule has 0 spiro atoms. The third-order valence-electron chi connectivity index (χ3n) is 2.52. The Bertz CT molecular complexity index is 482. The summed E-state index contributed by atoms with van der Waals surface area (Å²) in [6.07, 6.45) is -6.14. The Morgan fingerprint density at radius 1 is 1.41 bits per heavy atom. The van der Waals surface area contributed by atoms with E-state index in [-0.39, 0.29) is 11.5 Å². The van der Waals surface area contributed by atoms with Crippen molar-refractivity contribution >= 4 is 11.8 Å². The number of hydrogen-bond donors (Lipinski definition) is 2. The molecule has 0 radical (unpaired) electrons. The molecule has 9 heteroatoms. The van der Waals surface area contributed by atoms with Crippen LogP contribution < -0.4 is 10.2 Å². The smallest absolute Gasteiger partial charge is 0.368 e. The van der Waals surface area contributed by atoms with Crippen molar-refractivity contribution in [3.05, 3.63) is 11.5 Å². The SMILES string of the molecule is CN1C(=O)NC(O)c2c1nc(C(F)(F)F)n2C. The highest BCUT2D eigenvalue weighted by Crippen LogP contribution is 2.35. The molecule has 2 amide bonds. The fourth-order valence-electron chi connectivity index (χ4n) is 1.68. The summed E-state index contributed by atoms with van der Waals surface area (Å²) in [5.41, 5.74) is -0.0978. The first-order valence-electron chi connectivity index (χ1n) is 4.59. The maximum atomic E-state index is 12.6. The first-order chi connectivity index (χ1) is 7.73. The summed E-state index contributed by atoms with van der Waals surface area (Å²) in [5, 5.41) is 11.6. The lowest BCUT2D eigenvalue weighted by molar-refractivity contribution is -0.146. The van der Waals surface area contributed by atoms with Gasteiger partial charge in [-0.1, -0.05) is 0 Å². The van der Waals surface area contributed by atoms with Crippen LogP contribution in [0.2, 0.25) is 0 Å². The predicted octanol–water partition coefficient (Wildman–Crippen LogP) is 0.589. The monoisotopic (exact) mass is 250 g/mol. The van der Waals surface area contributed by atoms with Crippen LogP contribution in [0.5, 0.6) is 0 Å². The number of fused-ring (bicyclic) bond motifs is 1. The van der Waals surface area contributed by atoms with E-state index in [4.69, 9.17) is 0 Å². The molecule has 6 nitrogen and oxygen atoms in total. The van der Waals surface area contributed by atoms with E-state index < -0.39 is 24.3 Å². The van der Waals surface area contributed by atoms with Crippen LogP contribution in [-0.2, 0) is 13.2 Å². The molecule has 1 atom stereocenters. The number of carbonyl (C=O) groups is 1. The van der Waals surface area contributed by atoms with Crippen LogP contribution in [0.3, 0.4) is 0 Å². The van der Waals surface area contributed by atoms with Crippen molar-refractivity contribution in [3.63, 3.8) is 0 Å². The minimum Gasteiger partial charge on any atom is -0.368 e. The van der Waals surface area contributed by atoms with Crippen LogP contribution in [-0.4, -0.2) is 27.7 Å². The molecule has 94 valence electrons. The predicted molar refractivity (Wildman–Crippen MR) is 50.1 cm³/mol. The van der Waals surface area contributed by atoms with Crippen LogP contribution in [0.1, 0.15) is 17.7 Å². The van der Waals surface area contributed by atoms with Crippen molar-refractivity contribution in [1.29, 1.82) is 0 Å². The number of rotatable bonds is 0. The van der Waals surface area contributed by atoms with Crippen molar-refractivity contribution in [2.45, 2.75) is 12.4 Å². The average molecular weight is 250 g/mol. The molecule has 1 aromatic heterocycles. The topological polar surface area (TPSA) is 70.4 Å². The van der Waals surface area contributed by atoms with Crippen LogP contribution in [0.25, 0.3) is 0 Å². The molecule has 0 aromatic carbocycles. The third-order valence-corrected chi connectivity index (χ3v) is 2.52. The van der Waals surface area contributed by atoms with Gasteiger partial charge in [0.2, 0.25) is 5.82 Å². The van der Waals surface area contributed by atoms with Crippen LogP contribution >= 0.6 is 0 Å². The minimum atomic E-state index is -4.64. The van der Waals surface area contributed by atoms with Crippen LogP contribution in [0.15, 0.2) is 0 Å². The van der Waals surface area contributed by atoms with Crippen molar-refractivity contribution < 1.29 is 23.1 Å². The standard InChI is InChI=1S/C8H9F3N4O2/c1-14-3-4(12-6(14)8(9,10)11)15(2)7(17)13-5(3)16/h5,16H,1-2H3,(H,13,17). The number of anilines is 1. The van der Waals surface area contributed by atoms with Gasteiger partial charge in [0.05, 0.1) is 0 Å². The number of amides is 2. The molecule has 17 heavy (non-hydrogen) atoms. The average Bonchev–Trinajstić information content (AvgIpc) is 2.52. The quantitative estimate of drug-likeness (QED) is 0.708. The molecule has 0 saturated heterocycles. The van der Waals surface area contributed by atoms with Crippen molar-refractivity contribution in [3.8, 4) is 0 Å². The van der Waals surface area contributed by atoms with Gasteiger partial charge in [0.25, 0.3) is 0 Å². The van der Waals surface area contributed by atoms with Gasteiger partial charge in [0.1, 0.15) is 5.69 Å². The molecule has 0 aliphatic carbocycles. The lowest BCUT2D eigenvalue weighted by Crippen LogP contribution is -2.45. The number of aliphatic hydroxyl groups excluding tert-OH is 1. The van der Waals surface area contributed by atoms with Crippen LogP contribution in [0.4, 0.5) is 23.8 Å². The van der Waals surface area contributed by atoms with Gasteiger partial charge in [-0.05, 0) is 0 Å². The second-order valence-corrected chi connectivity index (χ2v) is 3.61. The molecule has 1 aromatic rings. The molecule has 0 saturated carbocycles. The highest BCUT2D eigenvalue weighted by molar-refractivity contribution is 5.93. The van der Waals surface area contributed by atoms with Crippen molar-refractivity contribution in [2.75, 3.05) is 11.9 Å². The summed E-state index contributed by atoms with van der Waals surface area (Å²) in [5.74, 6) is -1.36. The van der Waals surface area contributed by atoms with E-state index in [1.165, 1.54) is 7.05 Å². The van der Waals surface area contributed by atoms with Gasteiger partial charge in [-0.15, -0.1) is 0 Å². The fourth-order valence-corrected chi connectivity index (χ4v) is 1.68. The summed E-state index contributed by atoms with van der Waals surface area (Å²) in [6, 6.07) is -0.711. The number of alkyl halides is 3. The normalized spacial score (nSPS) is 20.2. The lowest BCUT2D eigenvalue weighted by Gasteiger charge is -2.26. The van der Waals surface area contributed by atoms with Gasteiger partial charge in [-0.3, -0.25) is 4.90 Å². The van der Waals surface area contributed by atoms with E-state index in [9.17, 15) is 23.1 Å². The Labute approximate surface area is 93.7 Å². The highest BCUT2D eigenvalue weighted by Gasteiger charge is 2.42. The highest BCUT2D eigenvalue weighted by atomic mass is 19.4. The molecular formula is C8H9F3N4O2. The summed E-state index contributed by atoms with van der Waals surface area (Å²) in [4.78, 5) is 15.5. The van der Waals surface area contributed by atoms with Crippen molar-refractivity contribution in [1.82, 2.24) is 14.9 Å². The Morgan fingerprint density at radius 3 is 2.53 bits per heavy atom. The number of urea groups is 1. The molecule has 1 aliphatic heterocycles. The first-order valence-corrected chi connectivity index (χ1v) is 4.59. The largest absolute Gasteiger partial charge is 0.449 e. The zero-order chi connectivity index (χ0) is 13.0. The fraction of sp³-hybridized carbons (Fsp3) is 0.500. The molecule has 2 N–H and O–H groups in total. The molecule has 1 aliphatic rings. The van der Waals surface area contributed by atoms with E-state index in [2.05, 4.69) is 10.3 Å². The summed E-state index contributed by atoms with van der Waals surface area (Å²) in [6.45, 7) is 0. The molecule has 2 heterocycles. The van der Waals surface area contributed by atoms with E-state index in [1.807, 2.05) is 0 Å². The lowest BCUT2D eigenvalue weighted by atomic mass is 10.3. The van der Waals surface area contributed by atoms with Crippen molar-refractivity contribution in [2.24, 2.45) is 7.05 Å². The minimum absolute atomic E-state index is 0.0978. The van der Waals surface area contributed by atoms with E-state index >= 15 is 0 Å². The summed E-state index contributed by atoms with van der Waals surface area (Å²) < 4.78 is 38.5. The Kier molecular flexibility index (Phi) is 2.31. The van der Waals surface area contributed by atoms with E-state index in [0.29, 0.717) is 0 Å². The van der Waals surface area contributed by atoms with Gasteiger partial charge >= 0.3 is 12.2 Å². The number of aromatic nitrogens is 2. The number of hydrogen-bond acceptors (Lipinski definition) is 3. The molecule has 2 rings (SSSR count). The first kappa shape index (κ1) is 11.7.